The molecule has 1 aromatic rings. The second-order valence-corrected chi connectivity index (χ2v) is 5.90. The van der Waals surface area contributed by atoms with Gasteiger partial charge >= 0.3 is 0 Å². The molecule has 0 bridgehead atoms. The highest BCUT2D eigenvalue weighted by molar-refractivity contribution is 5.25. The number of benzene rings is 1. The molecule has 1 N–H and O–H groups in total. The van der Waals surface area contributed by atoms with Crippen LogP contribution in [0.4, 0.5) is 8.78 Å². The topological polar surface area (TPSA) is 12.0 Å². The van der Waals surface area contributed by atoms with Crippen molar-refractivity contribution in [1.82, 2.24) is 5.32 Å². The van der Waals surface area contributed by atoms with Gasteiger partial charge in [-0.3, -0.25) is 0 Å². The van der Waals surface area contributed by atoms with Crippen LogP contribution in [0.1, 0.15) is 45.2 Å². The Bertz CT molecular complexity index is 429. The fraction of sp³-hybridized carbons (Fsp3) is 0.600. The number of hydrogen-bond donors (Lipinski definition) is 1. The molecule has 0 heterocycles. The Labute approximate surface area is 108 Å². The van der Waals surface area contributed by atoms with Gasteiger partial charge in [0.25, 0.3) is 0 Å². The average molecular weight is 253 g/mol. The van der Waals surface area contributed by atoms with Crippen molar-refractivity contribution >= 4 is 0 Å². The summed E-state index contributed by atoms with van der Waals surface area (Å²) < 4.78 is 26.9. The van der Waals surface area contributed by atoms with Gasteiger partial charge in [-0.2, -0.15) is 0 Å². The van der Waals surface area contributed by atoms with Gasteiger partial charge in [-0.25, -0.2) is 8.78 Å². The van der Waals surface area contributed by atoms with Gasteiger partial charge in [0.2, 0.25) is 0 Å². The van der Waals surface area contributed by atoms with Crippen LogP contribution in [0.2, 0.25) is 0 Å². The van der Waals surface area contributed by atoms with Crippen molar-refractivity contribution in [3.05, 3.63) is 35.4 Å². The first-order valence-corrected chi connectivity index (χ1v) is 6.64. The summed E-state index contributed by atoms with van der Waals surface area (Å²) in [5.41, 5.74) is 0.854. The lowest BCUT2D eigenvalue weighted by atomic mass is 9.96. The van der Waals surface area contributed by atoms with Crippen LogP contribution in [0, 0.1) is 23.0 Å². The molecule has 3 heteroatoms. The van der Waals surface area contributed by atoms with Gasteiger partial charge in [-0.15, -0.1) is 0 Å². The predicted molar refractivity (Wildman–Crippen MR) is 69.3 cm³/mol. The van der Waals surface area contributed by atoms with Gasteiger partial charge in [-0.05, 0) is 36.8 Å². The summed E-state index contributed by atoms with van der Waals surface area (Å²) in [5, 5.41) is 3.40. The molecule has 1 aliphatic rings. The lowest BCUT2D eigenvalue weighted by Crippen LogP contribution is -2.26. The highest BCUT2D eigenvalue weighted by Gasteiger charge is 2.50. The molecule has 0 radical (unpaired) electrons. The monoisotopic (exact) mass is 253 g/mol. The van der Waals surface area contributed by atoms with Crippen molar-refractivity contribution in [1.29, 1.82) is 0 Å². The molecule has 1 aliphatic carbocycles. The van der Waals surface area contributed by atoms with E-state index in [9.17, 15) is 8.78 Å². The first-order chi connectivity index (χ1) is 8.45. The zero-order valence-corrected chi connectivity index (χ0v) is 11.3. The predicted octanol–water partition coefficient (Wildman–Crippen LogP) is 4.05. The van der Waals surface area contributed by atoms with Crippen LogP contribution in [0.3, 0.4) is 0 Å². The molecule has 2 rings (SSSR count). The highest BCUT2D eigenvalue weighted by Crippen LogP contribution is 2.57. The number of nitrogens with one attached hydrogen (secondary N) is 1. The second kappa shape index (κ2) is 4.96. The Kier molecular flexibility index (Phi) is 3.71. The quantitative estimate of drug-likeness (QED) is 0.834. The third kappa shape index (κ3) is 2.72. The van der Waals surface area contributed by atoms with E-state index in [0.717, 1.165) is 25.5 Å². The third-order valence-electron chi connectivity index (χ3n) is 3.90. The van der Waals surface area contributed by atoms with E-state index in [1.54, 1.807) is 6.07 Å². The Balaban J connectivity index is 2.23. The zero-order valence-electron chi connectivity index (χ0n) is 11.3. The maximum absolute atomic E-state index is 13.9. The van der Waals surface area contributed by atoms with Crippen LogP contribution in [0.25, 0.3) is 0 Å². The summed E-state index contributed by atoms with van der Waals surface area (Å²) in [7, 11) is 0. The largest absolute Gasteiger partial charge is 0.310 e. The lowest BCUT2D eigenvalue weighted by Gasteiger charge is -2.21. The van der Waals surface area contributed by atoms with Crippen molar-refractivity contribution in [2.45, 2.75) is 39.7 Å². The van der Waals surface area contributed by atoms with Gasteiger partial charge in [0.05, 0.1) is 0 Å². The molecule has 1 fully saturated rings. The maximum Gasteiger partial charge on any atom is 0.130 e. The SMILES string of the molecule is CCCNC(c1ccc(F)cc1F)C1CC1(C)C. The average Bonchev–Trinajstić information content (AvgIpc) is 2.91. The molecule has 2 atom stereocenters. The van der Waals surface area contributed by atoms with Gasteiger partial charge in [0.15, 0.2) is 0 Å². The fourth-order valence-electron chi connectivity index (χ4n) is 2.60. The molecule has 0 aliphatic heterocycles. The first kappa shape index (κ1) is 13.5. The van der Waals surface area contributed by atoms with Gasteiger partial charge < -0.3 is 5.32 Å². The van der Waals surface area contributed by atoms with Crippen LogP contribution in [0.15, 0.2) is 18.2 Å². The molecule has 2 unspecified atom stereocenters. The molecule has 1 aromatic carbocycles. The minimum atomic E-state index is -0.513. The minimum absolute atomic E-state index is 0.000509. The fourth-order valence-corrected chi connectivity index (χ4v) is 2.60. The summed E-state index contributed by atoms with van der Waals surface area (Å²) >= 11 is 0. The molecular formula is C15H21F2N. The van der Waals surface area contributed by atoms with Gasteiger partial charge in [-0.1, -0.05) is 26.8 Å². The Hall–Kier alpha value is -0.960. The third-order valence-corrected chi connectivity index (χ3v) is 3.90. The van der Waals surface area contributed by atoms with E-state index in [4.69, 9.17) is 0 Å². The molecule has 0 saturated heterocycles. The Morgan fingerprint density at radius 3 is 2.56 bits per heavy atom. The van der Waals surface area contributed by atoms with E-state index in [1.165, 1.54) is 6.07 Å². The highest BCUT2D eigenvalue weighted by atomic mass is 19.1. The molecule has 0 aromatic heterocycles. The van der Waals surface area contributed by atoms with Crippen molar-refractivity contribution in [2.24, 2.45) is 11.3 Å². The summed E-state index contributed by atoms with van der Waals surface area (Å²) in [6, 6.07) is 3.90. The lowest BCUT2D eigenvalue weighted by molar-refractivity contribution is 0.401. The van der Waals surface area contributed by atoms with Crippen LogP contribution in [-0.2, 0) is 0 Å². The van der Waals surface area contributed by atoms with Crippen molar-refractivity contribution in [3.8, 4) is 0 Å². The van der Waals surface area contributed by atoms with Crippen LogP contribution in [-0.4, -0.2) is 6.54 Å². The number of hydrogen-bond acceptors (Lipinski definition) is 1. The van der Waals surface area contributed by atoms with Crippen molar-refractivity contribution < 1.29 is 8.78 Å². The normalized spacial score (nSPS) is 22.8. The molecule has 18 heavy (non-hydrogen) atoms. The number of halogens is 2. The molecule has 1 saturated carbocycles. The molecule has 0 amide bonds. The Morgan fingerprint density at radius 1 is 1.39 bits per heavy atom. The zero-order chi connectivity index (χ0) is 13.3. The summed E-state index contributed by atoms with van der Waals surface area (Å²) in [6.07, 6.45) is 2.09. The van der Waals surface area contributed by atoms with Crippen LogP contribution < -0.4 is 5.32 Å². The van der Waals surface area contributed by atoms with Crippen LogP contribution in [0.5, 0.6) is 0 Å². The number of rotatable bonds is 5. The van der Waals surface area contributed by atoms with E-state index < -0.39 is 11.6 Å². The van der Waals surface area contributed by atoms with Crippen LogP contribution >= 0.6 is 0 Å². The van der Waals surface area contributed by atoms with E-state index in [1.807, 2.05) is 0 Å². The first-order valence-electron chi connectivity index (χ1n) is 6.64. The second-order valence-electron chi connectivity index (χ2n) is 5.90. The van der Waals surface area contributed by atoms with Crippen molar-refractivity contribution in [3.63, 3.8) is 0 Å². The van der Waals surface area contributed by atoms with Gasteiger partial charge in [0, 0.05) is 17.7 Å². The minimum Gasteiger partial charge on any atom is -0.310 e. The van der Waals surface area contributed by atoms with Gasteiger partial charge in [0.1, 0.15) is 11.6 Å². The summed E-state index contributed by atoms with van der Waals surface area (Å²) in [5.74, 6) is -0.518. The standard InChI is InChI=1S/C15H21F2N/c1-4-7-18-14(12-9-15(12,2)3)11-6-5-10(16)8-13(11)17/h5-6,8,12,14,18H,4,7,9H2,1-3H3. The summed E-state index contributed by atoms with van der Waals surface area (Å²) in [6.45, 7) is 7.33. The van der Waals surface area contributed by atoms with E-state index >= 15 is 0 Å². The smallest absolute Gasteiger partial charge is 0.130 e. The molecular weight excluding hydrogens is 232 g/mol. The van der Waals surface area contributed by atoms with E-state index in [-0.39, 0.29) is 11.5 Å². The van der Waals surface area contributed by atoms with E-state index in [2.05, 4.69) is 26.1 Å². The molecule has 1 nitrogen and oxygen atoms in total. The van der Waals surface area contributed by atoms with E-state index in [0.29, 0.717) is 11.5 Å². The van der Waals surface area contributed by atoms with Crippen molar-refractivity contribution in [2.75, 3.05) is 6.54 Å². The molecule has 100 valence electrons. The summed E-state index contributed by atoms with van der Waals surface area (Å²) in [4.78, 5) is 0. The maximum atomic E-state index is 13.9. The molecule has 0 spiro atoms. The Morgan fingerprint density at radius 2 is 2.06 bits per heavy atom.